The smallest absolute Gasteiger partial charge is 0.324 e. The van der Waals surface area contributed by atoms with Gasteiger partial charge in [0.25, 0.3) is 5.56 Å². The maximum Gasteiger partial charge on any atom is 0.324 e. The van der Waals surface area contributed by atoms with Gasteiger partial charge in [0.2, 0.25) is 5.91 Å². The summed E-state index contributed by atoms with van der Waals surface area (Å²) >= 11 is 1.19. The average Bonchev–Trinajstić information content (AvgIpc) is 3.16. The minimum absolute atomic E-state index is 0.185. The number of para-hydroxylation sites is 1. The number of carbonyl (C=O) groups is 2. The van der Waals surface area contributed by atoms with E-state index in [1.165, 1.54) is 16.7 Å². The van der Waals surface area contributed by atoms with Crippen molar-refractivity contribution in [3.63, 3.8) is 0 Å². The van der Waals surface area contributed by atoms with E-state index in [-0.39, 0.29) is 17.5 Å². The van der Waals surface area contributed by atoms with E-state index >= 15 is 0 Å². The van der Waals surface area contributed by atoms with Crippen LogP contribution in [0.5, 0.6) is 0 Å². The highest BCUT2D eigenvalue weighted by Gasteiger charge is 2.31. The second-order valence-corrected chi connectivity index (χ2v) is 8.56. The lowest BCUT2D eigenvalue weighted by Gasteiger charge is -2.20. The van der Waals surface area contributed by atoms with Gasteiger partial charge in [-0.25, -0.2) is 9.78 Å². The largest absolute Gasteiger partial charge is 0.336 e. The topological polar surface area (TPSA) is 84.3 Å². The van der Waals surface area contributed by atoms with Crippen LogP contribution in [-0.4, -0.2) is 44.7 Å². The Hall–Kier alpha value is -3.13. The molecule has 0 spiro atoms. The third-order valence-corrected chi connectivity index (χ3v) is 6.35. The normalized spacial score (nSPS) is 14.8. The van der Waals surface area contributed by atoms with Crippen LogP contribution in [0.2, 0.25) is 0 Å². The summed E-state index contributed by atoms with van der Waals surface area (Å²) in [5.41, 5.74) is 3.15. The van der Waals surface area contributed by atoms with Gasteiger partial charge < -0.3 is 5.32 Å². The minimum Gasteiger partial charge on any atom is -0.336 e. The first kappa shape index (κ1) is 20.2. The predicted octanol–water partition coefficient (Wildman–Crippen LogP) is 3.03. The molecule has 154 valence electrons. The quantitative estimate of drug-likeness (QED) is 0.516. The molecule has 7 nitrogen and oxygen atoms in total. The molecule has 0 bridgehead atoms. The Bertz CT molecular complexity index is 1220. The summed E-state index contributed by atoms with van der Waals surface area (Å²) in [5.74, 6) is -0.301. The molecule has 0 aliphatic carbocycles. The van der Waals surface area contributed by atoms with Gasteiger partial charge in [0.05, 0.1) is 21.8 Å². The Balaban J connectivity index is 1.84. The number of benzene rings is 2. The monoisotopic (exact) mass is 422 g/mol. The van der Waals surface area contributed by atoms with Crippen LogP contribution in [0.15, 0.2) is 52.4 Å². The van der Waals surface area contributed by atoms with Crippen molar-refractivity contribution in [1.82, 2.24) is 19.8 Å². The zero-order valence-corrected chi connectivity index (χ0v) is 17.8. The van der Waals surface area contributed by atoms with Crippen LogP contribution in [0, 0.1) is 13.8 Å². The van der Waals surface area contributed by atoms with E-state index in [1.807, 2.05) is 44.2 Å². The molecule has 1 N–H and O–H groups in total. The lowest BCUT2D eigenvalue weighted by Crippen LogP contribution is -2.39. The van der Waals surface area contributed by atoms with Crippen LogP contribution in [0.3, 0.4) is 0 Å². The van der Waals surface area contributed by atoms with Crippen LogP contribution in [0.1, 0.15) is 18.1 Å². The fourth-order valence-electron chi connectivity index (χ4n) is 3.49. The molecule has 2 aromatic carbocycles. The number of thioether (sulfide) groups is 1. The van der Waals surface area contributed by atoms with Gasteiger partial charge in [0.1, 0.15) is 0 Å². The summed E-state index contributed by atoms with van der Waals surface area (Å²) in [6.07, 6.45) is 0. The van der Waals surface area contributed by atoms with Crippen molar-refractivity contribution in [2.45, 2.75) is 31.2 Å². The fourth-order valence-corrected chi connectivity index (χ4v) is 4.47. The highest BCUT2D eigenvalue weighted by atomic mass is 32.2. The number of nitrogens with one attached hydrogen (secondary N) is 1. The highest BCUT2D eigenvalue weighted by molar-refractivity contribution is 8.00. The molecule has 2 heterocycles. The molecule has 8 heteroatoms. The molecule has 30 heavy (non-hydrogen) atoms. The van der Waals surface area contributed by atoms with Crippen molar-refractivity contribution >= 4 is 34.6 Å². The predicted molar refractivity (Wildman–Crippen MR) is 117 cm³/mol. The van der Waals surface area contributed by atoms with Crippen molar-refractivity contribution in [3.05, 3.63) is 63.9 Å². The summed E-state index contributed by atoms with van der Waals surface area (Å²) < 4.78 is 1.57. The van der Waals surface area contributed by atoms with E-state index in [1.54, 1.807) is 23.6 Å². The lowest BCUT2D eigenvalue weighted by molar-refractivity contribution is -0.126. The number of aryl methyl sites for hydroxylation is 1. The molecule has 1 aliphatic heterocycles. The molecule has 1 aliphatic rings. The van der Waals surface area contributed by atoms with Crippen LogP contribution in [-0.2, 0) is 4.79 Å². The van der Waals surface area contributed by atoms with Gasteiger partial charge in [0, 0.05) is 13.1 Å². The molecule has 1 atom stereocenters. The molecule has 1 fully saturated rings. The lowest BCUT2D eigenvalue weighted by atomic mass is 10.1. The molecule has 1 aromatic heterocycles. The van der Waals surface area contributed by atoms with Crippen LogP contribution < -0.4 is 10.9 Å². The van der Waals surface area contributed by atoms with Crippen LogP contribution in [0.4, 0.5) is 4.79 Å². The zero-order chi connectivity index (χ0) is 21.4. The minimum atomic E-state index is -0.585. The first-order valence-electron chi connectivity index (χ1n) is 9.72. The Morgan fingerprint density at radius 1 is 1.13 bits per heavy atom. The van der Waals surface area contributed by atoms with Gasteiger partial charge >= 0.3 is 6.03 Å². The Kier molecular flexibility index (Phi) is 5.34. The third kappa shape index (κ3) is 3.47. The number of amides is 3. The SMILES string of the molecule is Cc1cccc(-n2c(SC(C)C(=O)N3CCNC3=O)nc3ccccc3c2=O)c1C. The van der Waals surface area contributed by atoms with E-state index in [2.05, 4.69) is 5.32 Å². The van der Waals surface area contributed by atoms with E-state index in [9.17, 15) is 14.4 Å². The number of fused-ring (bicyclic) bond motifs is 1. The standard InChI is InChI=1S/C22H22N4O3S/c1-13-7-6-10-18(14(13)2)26-20(28)16-8-4-5-9-17(16)24-22(26)30-15(3)19(27)25-12-11-23-21(25)29/h4-10,15H,11-12H2,1-3H3,(H,23,29). The molecular weight excluding hydrogens is 400 g/mol. The number of nitrogens with zero attached hydrogens (tertiary/aromatic N) is 3. The van der Waals surface area contributed by atoms with Gasteiger partial charge in [-0.3, -0.25) is 19.1 Å². The van der Waals surface area contributed by atoms with Gasteiger partial charge in [0.15, 0.2) is 5.16 Å². The van der Waals surface area contributed by atoms with Crippen molar-refractivity contribution in [3.8, 4) is 5.69 Å². The Morgan fingerprint density at radius 3 is 2.63 bits per heavy atom. The maximum atomic E-state index is 13.4. The molecular formula is C22H22N4O3S. The molecule has 0 radical (unpaired) electrons. The number of rotatable bonds is 4. The third-order valence-electron chi connectivity index (χ3n) is 5.31. The molecule has 4 rings (SSSR count). The molecule has 1 saturated heterocycles. The van der Waals surface area contributed by atoms with Crippen molar-refractivity contribution in [1.29, 1.82) is 0 Å². The van der Waals surface area contributed by atoms with Crippen molar-refractivity contribution < 1.29 is 9.59 Å². The van der Waals surface area contributed by atoms with Gasteiger partial charge in [-0.1, -0.05) is 36.0 Å². The van der Waals surface area contributed by atoms with E-state index in [0.717, 1.165) is 16.8 Å². The Morgan fingerprint density at radius 2 is 1.90 bits per heavy atom. The number of urea groups is 1. The second-order valence-electron chi connectivity index (χ2n) is 7.25. The van der Waals surface area contributed by atoms with Gasteiger partial charge in [-0.2, -0.15) is 0 Å². The molecule has 0 saturated carbocycles. The number of carbonyl (C=O) groups excluding carboxylic acids is 2. The summed E-state index contributed by atoms with van der Waals surface area (Å²) in [6.45, 7) is 6.47. The van der Waals surface area contributed by atoms with Crippen molar-refractivity contribution in [2.24, 2.45) is 0 Å². The summed E-state index contributed by atoms with van der Waals surface area (Å²) in [4.78, 5) is 44.0. The first-order valence-corrected chi connectivity index (χ1v) is 10.6. The maximum absolute atomic E-state index is 13.4. The van der Waals surface area contributed by atoms with E-state index in [4.69, 9.17) is 4.98 Å². The molecule has 1 unspecified atom stereocenters. The number of hydrogen-bond acceptors (Lipinski definition) is 5. The van der Waals surface area contributed by atoms with Gasteiger partial charge in [-0.15, -0.1) is 0 Å². The number of aromatic nitrogens is 2. The highest BCUT2D eigenvalue weighted by Crippen LogP contribution is 2.28. The Labute approximate surface area is 178 Å². The number of imide groups is 1. The first-order chi connectivity index (χ1) is 14.4. The van der Waals surface area contributed by atoms with E-state index in [0.29, 0.717) is 29.1 Å². The zero-order valence-electron chi connectivity index (χ0n) is 17.0. The molecule has 3 amide bonds. The number of hydrogen-bond donors (Lipinski definition) is 1. The summed E-state index contributed by atoms with van der Waals surface area (Å²) in [6, 6.07) is 12.6. The van der Waals surface area contributed by atoms with Crippen LogP contribution >= 0.6 is 11.8 Å². The van der Waals surface area contributed by atoms with Crippen molar-refractivity contribution in [2.75, 3.05) is 13.1 Å². The average molecular weight is 423 g/mol. The summed E-state index contributed by atoms with van der Waals surface area (Å²) in [7, 11) is 0. The second kappa shape index (κ2) is 7.95. The summed E-state index contributed by atoms with van der Waals surface area (Å²) in [5, 5.41) is 2.99. The molecule has 3 aromatic rings. The van der Waals surface area contributed by atoms with Crippen LogP contribution in [0.25, 0.3) is 16.6 Å². The fraction of sp³-hybridized carbons (Fsp3) is 0.273. The van der Waals surface area contributed by atoms with E-state index < -0.39 is 5.25 Å². The van der Waals surface area contributed by atoms with Gasteiger partial charge in [-0.05, 0) is 50.1 Å².